The van der Waals surface area contributed by atoms with E-state index in [9.17, 15) is 49.1 Å². The standard InChI is InChI=1S/C22H22F9N5O4/c1-11-5-12(3-4-13(11)18(38)32-8-17(37)33-9-20(23,24)25)14-7-19(40-35-14,22(29,30)31)16-6-15(21(26,27)28)34-36(16)10-39-2/h3-6,15,34H,7-10H2,1-2H3,(H,32,38)(H,33,37). The molecule has 2 heterocycles. The van der Waals surface area contributed by atoms with E-state index in [1.54, 1.807) is 5.32 Å². The molecule has 0 saturated heterocycles. The average Bonchev–Trinajstić information content (AvgIpc) is 3.46. The van der Waals surface area contributed by atoms with E-state index in [2.05, 4.69) is 10.5 Å². The Morgan fingerprint density at radius 2 is 1.82 bits per heavy atom. The fourth-order valence-corrected chi connectivity index (χ4v) is 3.92. The quantitative estimate of drug-likeness (QED) is 0.402. The van der Waals surface area contributed by atoms with Crippen molar-refractivity contribution in [2.75, 3.05) is 26.9 Å². The smallest absolute Gasteiger partial charge is 0.372 e. The summed E-state index contributed by atoms with van der Waals surface area (Å²) in [5.74, 6) is -1.96. The van der Waals surface area contributed by atoms with Gasteiger partial charge in [-0.3, -0.25) is 14.6 Å². The number of benzene rings is 1. The van der Waals surface area contributed by atoms with Crippen LogP contribution in [0.25, 0.3) is 0 Å². The number of halogens is 9. The van der Waals surface area contributed by atoms with E-state index in [1.165, 1.54) is 25.1 Å². The van der Waals surface area contributed by atoms with Crippen LogP contribution in [0.4, 0.5) is 39.5 Å². The molecule has 1 aromatic carbocycles. The zero-order chi connectivity index (χ0) is 30.1. The minimum atomic E-state index is -5.22. The predicted octanol–water partition coefficient (Wildman–Crippen LogP) is 3.07. The summed E-state index contributed by atoms with van der Waals surface area (Å²) >= 11 is 0. The van der Waals surface area contributed by atoms with Crippen LogP contribution in [-0.2, 0) is 14.4 Å². The van der Waals surface area contributed by atoms with E-state index in [-0.39, 0.29) is 22.4 Å². The molecule has 9 nitrogen and oxygen atoms in total. The molecule has 3 rings (SSSR count). The first-order chi connectivity index (χ1) is 18.4. The minimum absolute atomic E-state index is 0.0454. The molecule has 0 aliphatic carbocycles. The number of amides is 2. The molecule has 0 fully saturated rings. The van der Waals surface area contributed by atoms with Crippen molar-refractivity contribution in [2.45, 2.75) is 43.5 Å². The summed E-state index contributed by atoms with van der Waals surface area (Å²) in [5, 5.41) is 7.73. The summed E-state index contributed by atoms with van der Waals surface area (Å²) in [6.07, 6.45) is -15.5. The first kappa shape index (κ1) is 31.0. The van der Waals surface area contributed by atoms with Crippen molar-refractivity contribution >= 4 is 17.5 Å². The molecule has 2 aliphatic heterocycles. The Labute approximate surface area is 220 Å². The zero-order valence-electron chi connectivity index (χ0n) is 20.6. The Morgan fingerprint density at radius 1 is 1.15 bits per heavy atom. The van der Waals surface area contributed by atoms with Crippen LogP contribution in [0.2, 0.25) is 0 Å². The molecular formula is C22H22F9N5O4. The molecule has 2 unspecified atom stereocenters. The van der Waals surface area contributed by atoms with Crippen LogP contribution >= 0.6 is 0 Å². The topological polar surface area (TPSA) is 104 Å². The normalized spacial score (nSPS) is 21.6. The van der Waals surface area contributed by atoms with Gasteiger partial charge in [-0.15, -0.1) is 0 Å². The van der Waals surface area contributed by atoms with Gasteiger partial charge in [0, 0.05) is 12.7 Å². The summed E-state index contributed by atoms with van der Waals surface area (Å²) in [7, 11) is 1.08. The maximum absolute atomic E-state index is 14.3. The number of nitrogens with one attached hydrogen (secondary N) is 3. The second-order valence-corrected chi connectivity index (χ2v) is 8.78. The number of carbonyl (C=O) groups excluding carboxylic acids is 2. The monoisotopic (exact) mass is 591 g/mol. The SMILES string of the molecule is COCN1NC(C(F)(F)F)C=C1C1(C(F)(F)F)CC(c2ccc(C(=O)NCC(=O)NCC(F)(F)F)c(C)c2)=NO1. The van der Waals surface area contributed by atoms with Gasteiger partial charge in [0.1, 0.15) is 19.3 Å². The van der Waals surface area contributed by atoms with Crippen LogP contribution < -0.4 is 16.1 Å². The first-order valence-electron chi connectivity index (χ1n) is 11.2. The van der Waals surface area contributed by atoms with Crippen molar-refractivity contribution < 1.29 is 58.7 Å². The number of nitrogens with zero attached hydrogens (tertiary/aromatic N) is 2. The van der Waals surface area contributed by atoms with Gasteiger partial charge in [0.05, 0.1) is 24.4 Å². The third-order valence-electron chi connectivity index (χ3n) is 5.82. The number of aryl methyl sites for hydroxylation is 1. The van der Waals surface area contributed by atoms with Crippen molar-refractivity contribution in [1.82, 2.24) is 21.1 Å². The highest BCUT2D eigenvalue weighted by molar-refractivity contribution is 6.04. The van der Waals surface area contributed by atoms with Gasteiger partial charge in [0.2, 0.25) is 5.91 Å². The van der Waals surface area contributed by atoms with Gasteiger partial charge in [-0.05, 0) is 36.3 Å². The van der Waals surface area contributed by atoms with Gasteiger partial charge >= 0.3 is 18.5 Å². The minimum Gasteiger partial charge on any atom is -0.372 e. The molecule has 1 aromatic rings. The molecule has 0 saturated carbocycles. The largest absolute Gasteiger partial charge is 0.437 e. The Hall–Kier alpha value is -3.54. The Balaban J connectivity index is 1.79. The molecule has 40 heavy (non-hydrogen) atoms. The van der Waals surface area contributed by atoms with Crippen molar-refractivity contribution in [2.24, 2.45) is 5.16 Å². The molecule has 0 spiro atoms. The molecule has 2 aliphatic rings. The van der Waals surface area contributed by atoms with E-state index >= 15 is 0 Å². The first-order valence-corrected chi connectivity index (χ1v) is 11.2. The summed E-state index contributed by atoms with van der Waals surface area (Å²) in [4.78, 5) is 28.7. The highest BCUT2D eigenvalue weighted by Crippen LogP contribution is 2.48. The van der Waals surface area contributed by atoms with Crippen LogP contribution in [-0.4, -0.2) is 79.6 Å². The van der Waals surface area contributed by atoms with Gasteiger partial charge < -0.3 is 20.2 Å². The molecule has 18 heteroatoms. The predicted molar refractivity (Wildman–Crippen MR) is 118 cm³/mol. The molecule has 0 radical (unpaired) electrons. The van der Waals surface area contributed by atoms with Crippen LogP contribution in [0.1, 0.15) is 27.9 Å². The van der Waals surface area contributed by atoms with E-state index in [1.807, 2.05) is 5.43 Å². The van der Waals surface area contributed by atoms with Gasteiger partial charge in [0.25, 0.3) is 11.5 Å². The summed E-state index contributed by atoms with van der Waals surface area (Å²) < 4.78 is 124. The van der Waals surface area contributed by atoms with Gasteiger partial charge in [0.15, 0.2) is 0 Å². The molecular weight excluding hydrogens is 569 g/mol. The lowest BCUT2D eigenvalue weighted by atomic mass is 9.88. The molecule has 3 N–H and O–H groups in total. The van der Waals surface area contributed by atoms with Gasteiger partial charge in [-0.25, -0.2) is 5.43 Å². The molecule has 0 aromatic heterocycles. The van der Waals surface area contributed by atoms with E-state index in [0.29, 0.717) is 11.1 Å². The molecule has 2 atom stereocenters. The third kappa shape index (κ3) is 6.78. The third-order valence-corrected chi connectivity index (χ3v) is 5.82. The van der Waals surface area contributed by atoms with Crippen LogP contribution in [0.5, 0.6) is 0 Å². The number of carbonyl (C=O) groups is 2. The number of hydrogen-bond acceptors (Lipinski definition) is 7. The van der Waals surface area contributed by atoms with Crippen molar-refractivity contribution in [1.29, 1.82) is 0 Å². The van der Waals surface area contributed by atoms with Crippen molar-refractivity contribution in [3.05, 3.63) is 46.7 Å². The number of methoxy groups -OCH3 is 1. The van der Waals surface area contributed by atoms with E-state index in [4.69, 9.17) is 9.57 Å². The lowest BCUT2D eigenvalue weighted by Crippen LogP contribution is -2.54. The Bertz CT molecular complexity index is 1200. The lowest BCUT2D eigenvalue weighted by Gasteiger charge is -2.35. The Kier molecular flexibility index (Phi) is 8.64. The van der Waals surface area contributed by atoms with Gasteiger partial charge in [-0.2, -0.15) is 39.5 Å². The fourth-order valence-electron chi connectivity index (χ4n) is 3.92. The van der Waals surface area contributed by atoms with Crippen molar-refractivity contribution in [3.8, 4) is 0 Å². The highest BCUT2D eigenvalue weighted by Gasteiger charge is 2.66. The number of hydrazine groups is 1. The molecule has 2 amide bonds. The van der Waals surface area contributed by atoms with Crippen LogP contribution in [0.15, 0.2) is 35.1 Å². The second-order valence-electron chi connectivity index (χ2n) is 8.78. The fraction of sp³-hybridized carbons (Fsp3) is 0.500. The average molecular weight is 591 g/mol. The highest BCUT2D eigenvalue weighted by atomic mass is 19.4. The van der Waals surface area contributed by atoms with E-state index in [0.717, 1.165) is 7.11 Å². The number of alkyl halides is 9. The second kappa shape index (κ2) is 11.1. The summed E-state index contributed by atoms with van der Waals surface area (Å²) in [5.41, 5.74) is -2.37. The number of oxime groups is 1. The maximum atomic E-state index is 14.3. The van der Waals surface area contributed by atoms with Crippen LogP contribution in [0, 0.1) is 6.92 Å². The Morgan fingerprint density at radius 3 is 2.38 bits per heavy atom. The van der Waals surface area contributed by atoms with Gasteiger partial charge in [-0.1, -0.05) is 11.2 Å². The number of rotatable bonds is 8. The number of hydrogen-bond donors (Lipinski definition) is 3. The molecule has 0 bridgehead atoms. The van der Waals surface area contributed by atoms with Crippen molar-refractivity contribution in [3.63, 3.8) is 0 Å². The summed E-state index contributed by atoms with van der Waals surface area (Å²) in [6, 6.07) is 1.20. The maximum Gasteiger partial charge on any atom is 0.437 e. The van der Waals surface area contributed by atoms with Crippen LogP contribution in [0.3, 0.4) is 0 Å². The molecule has 222 valence electrons. The summed E-state index contributed by atoms with van der Waals surface area (Å²) in [6.45, 7) is -1.64. The number of ether oxygens (including phenoxy) is 1. The van der Waals surface area contributed by atoms with E-state index < -0.39 is 73.9 Å². The zero-order valence-corrected chi connectivity index (χ0v) is 20.6. The lowest BCUT2D eigenvalue weighted by molar-refractivity contribution is -0.261.